The average Bonchev–Trinajstić information content (AvgIpc) is 2.71. The zero-order valence-electron chi connectivity index (χ0n) is 15.9. The van der Waals surface area contributed by atoms with E-state index in [1.165, 1.54) is 7.11 Å². The molecule has 0 spiro atoms. The fraction of sp³-hybridized carbons (Fsp3) is 0.136. The van der Waals surface area contributed by atoms with Gasteiger partial charge < -0.3 is 15.4 Å². The average molecular weight is 375 g/mol. The topological polar surface area (TPSA) is 80.3 Å². The largest absolute Gasteiger partial charge is 0.465 e. The van der Waals surface area contributed by atoms with E-state index in [-0.39, 0.29) is 11.6 Å². The van der Waals surface area contributed by atoms with Gasteiger partial charge in [0.1, 0.15) is 5.69 Å². The number of aryl methyl sites for hydroxylation is 2. The van der Waals surface area contributed by atoms with E-state index in [0.29, 0.717) is 11.3 Å². The molecule has 6 heteroatoms. The second-order valence-corrected chi connectivity index (χ2v) is 6.40. The Balaban J connectivity index is 1.70. The lowest BCUT2D eigenvalue weighted by Gasteiger charge is -2.11. The normalized spacial score (nSPS) is 10.2. The second-order valence-electron chi connectivity index (χ2n) is 6.40. The van der Waals surface area contributed by atoms with Crippen molar-refractivity contribution in [3.8, 4) is 0 Å². The molecule has 1 aromatic heterocycles. The van der Waals surface area contributed by atoms with Crippen LogP contribution in [0.2, 0.25) is 0 Å². The lowest BCUT2D eigenvalue weighted by atomic mass is 10.1. The van der Waals surface area contributed by atoms with E-state index in [4.69, 9.17) is 0 Å². The lowest BCUT2D eigenvalue weighted by molar-refractivity contribution is 0.0600. The standard InChI is InChI=1S/C22H21N3O3/c1-14-7-8-15(2)20(11-14)24-18-9-10-19(23-13-18)21(26)25-17-6-4-5-16(12-17)22(27)28-3/h4-13,24H,1-3H3,(H,25,26). The van der Waals surface area contributed by atoms with Crippen molar-refractivity contribution < 1.29 is 14.3 Å². The molecule has 0 saturated heterocycles. The number of nitrogens with zero attached hydrogens (tertiary/aromatic N) is 1. The Bertz CT molecular complexity index is 1010. The van der Waals surface area contributed by atoms with Crippen LogP contribution < -0.4 is 10.6 Å². The van der Waals surface area contributed by atoms with E-state index in [1.807, 2.05) is 13.8 Å². The molecular weight excluding hydrogens is 354 g/mol. The minimum absolute atomic E-state index is 0.273. The molecule has 0 unspecified atom stereocenters. The maximum absolute atomic E-state index is 12.4. The van der Waals surface area contributed by atoms with Crippen molar-refractivity contribution in [2.75, 3.05) is 17.7 Å². The van der Waals surface area contributed by atoms with E-state index < -0.39 is 5.97 Å². The zero-order chi connectivity index (χ0) is 20.1. The van der Waals surface area contributed by atoms with Gasteiger partial charge in [0.2, 0.25) is 0 Å². The number of carbonyl (C=O) groups is 2. The van der Waals surface area contributed by atoms with Gasteiger partial charge >= 0.3 is 5.97 Å². The molecule has 1 heterocycles. The molecule has 0 radical (unpaired) electrons. The van der Waals surface area contributed by atoms with Crippen molar-refractivity contribution in [1.82, 2.24) is 4.98 Å². The fourth-order valence-electron chi connectivity index (χ4n) is 2.67. The molecule has 0 atom stereocenters. The summed E-state index contributed by atoms with van der Waals surface area (Å²) in [5, 5.41) is 6.04. The summed E-state index contributed by atoms with van der Waals surface area (Å²) >= 11 is 0. The summed E-state index contributed by atoms with van der Waals surface area (Å²) in [5.41, 5.74) is 5.20. The van der Waals surface area contributed by atoms with Crippen molar-refractivity contribution in [2.45, 2.75) is 13.8 Å². The van der Waals surface area contributed by atoms with E-state index in [0.717, 1.165) is 22.5 Å². The molecule has 3 aromatic rings. The maximum atomic E-state index is 12.4. The van der Waals surface area contributed by atoms with E-state index in [1.54, 1.807) is 42.6 Å². The maximum Gasteiger partial charge on any atom is 0.337 e. The summed E-state index contributed by atoms with van der Waals surface area (Å²) in [6, 6.07) is 16.2. The quantitative estimate of drug-likeness (QED) is 0.643. The zero-order valence-corrected chi connectivity index (χ0v) is 15.9. The highest BCUT2D eigenvalue weighted by atomic mass is 16.5. The first kappa shape index (κ1) is 19.1. The highest BCUT2D eigenvalue weighted by Crippen LogP contribution is 2.21. The van der Waals surface area contributed by atoms with Crippen molar-refractivity contribution in [2.24, 2.45) is 0 Å². The highest BCUT2D eigenvalue weighted by molar-refractivity contribution is 6.03. The Kier molecular flexibility index (Phi) is 5.69. The molecule has 0 aliphatic rings. The van der Waals surface area contributed by atoms with Crippen molar-refractivity contribution in [1.29, 1.82) is 0 Å². The summed E-state index contributed by atoms with van der Waals surface area (Å²) < 4.78 is 4.69. The molecule has 142 valence electrons. The van der Waals surface area contributed by atoms with Gasteiger partial charge in [-0.2, -0.15) is 0 Å². The monoisotopic (exact) mass is 375 g/mol. The number of anilines is 3. The first-order chi connectivity index (χ1) is 13.5. The number of amides is 1. The number of hydrogen-bond donors (Lipinski definition) is 2. The van der Waals surface area contributed by atoms with Crippen LogP contribution in [0.25, 0.3) is 0 Å². The Morgan fingerprint density at radius 3 is 2.50 bits per heavy atom. The smallest absolute Gasteiger partial charge is 0.337 e. The van der Waals surface area contributed by atoms with Gasteiger partial charge in [-0.05, 0) is 61.4 Å². The summed E-state index contributed by atoms with van der Waals surface area (Å²) in [6.07, 6.45) is 1.61. The molecule has 0 bridgehead atoms. The number of pyridine rings is 1. The summed E-state index contributed by atoms with van der Waals surface area (Å²) in [5.74, 6) is -0.823. The van der Waals surface area contributed by atoms with Crippen LogP contribution in [-0.2, 0) is 4.74 Å². The molecule has 0 fully saturated rings. The van der Waals surface area contributed by atoms with E-state index in [9.17, 15) is 9.59 Å². The van der Waals surface area contributed by atoms with Crippen LogP contribution in [-0.4, -0.2) is 24.0 Å². The third-order valence-electron chi connectivity index (χ3n) is 4.21. The van der Waals surface area contributed by atoms with Crippen LogP contribution in [0.3, 0.4) is 0 Å². The van der Waals surface area contributed by atoms with E-state index in [2.05, 4.69) is 38.6 Å². The van der Waals surface area contributed by atoms with Gasteiger partial charge in [-0.25, -0.2) is 9.78 Å². The summed E-state index contributed by atoms with van der Waals surface area (Å²) in [7, 11) is 1.31. The first-order valence-electron chi connectivity index (χ1n) is 8.76. The SMILES string of the molecule is COC(=O)c1cccc(NC(=O)c2ccc(Nc3cc(C)ccc3C)cn2)c1. The molecule has 28 heavy (non-hydrogen) atoms. The minimum atomic E-state index is -0.462. The van der Waals surface area contributed by atoms with Gasteiger partial charge in [0.25, 0.3) is 5.91 Å². The van der Waals surface area contributed by atoms with Gasteiger partial charge in [0.05, 0.1) is 24.6 Å². The van der Waals surface area contributed by atoms with Crippen LogP contribution >= 0.6 is 0 Å². The Labute approximate surface area is 163 Å². The number of esters is 1. The number of hydrogen-bond acceptors (Lipinski definition) is 5. The van der Waals surface area contributed by atoms with Crippen molar-refractivity contribution >= 4 is 28.9 Å². The number of rotatable bonds is 5. The van der Waals surface area contributed by atoms with E-state index >= 15 is 0 Å². The second kappa shape index (κ2) is 8.35. The molecule has 0 aliphatic carbocycles. The van der Waals surface area contributed by atoms with Gasteiger partial charge in [-0.1, -0.05) is 18.2 Å². The van der Waals surface area contributed by atoms with Crippen molar-refractivity contribution in [3.05, 3.63) is 83.2 Å². The molecule has 3 rings (SSSR count). The minimum Gasteiger partial charge on any atom is -0.465 e. The van der Waals surface area contributed by atoms with Crippen molar-refractivity contribution in [3.63, 3.8) is 0 Å². The number of benzene rings is 2. The Morgan fingerprint density at radius 2 is 1.79 bits per heavy atom. The molecule has 0 aliphatic heterocycles. The Morgan fingerprint density at radius 1 is 0.964 bits per heavy atom. The highest BCUT2D eigenvalue weighted by Gasteiger charge is 2.11. The molecular formula is C22H21N3O3. The third-order valence-corrected chi connectivity index (χ3v) is 4.21. The Hall–Kier alpha value is -3.67. The van der Waals surface area contributed by atoms with Crippen LogP contribution in [0.4, 0.5) is 17.1 Å². The van der Waals surface area contributed by atoms with Crippen LogP contribution in [0.5, 0.6) is 0 Å². The third kappa shape index (κ3) is 4.54. The predicted molar refractivity (Wildman–Crippen MR) is 109 cm³/mol. The predicted octanol–water partition coefficient (Wildman–Crippen LogP) is 4.48. The number of methoxy groups -OCH3 is 1. The number of carbonyl (C=O) groups excluding carboxylic acids is 2. The molecule has 2 aromatic carbocycles. The molecule has 6 nitrogen and oxygen atoms in total. The van der Waals surface area contributed by atoms with Gasteiger partial charge in [-0.3, -0.25) is 4.79 Å². The number of ether oxygens (including phenoxy) is 1. The summed E-state index contributed by atoms with van der Waals surface area (Å²) in [6.45, 7) is 4.06. The van der Waals surface area contributed by atoms with Gasteiger partial charge in [-0.15, -0.1) is 0 Å². The van der Waals surface area contributed by atoms with Crippen LogP contribution in [0.1, 0.15) is 32.0 Å². The first-order valence-corrected chi connectivity index (χ1v) is 8.76. The molecule has 0 saturated carbocycles. The van der Waals surface area contributed by atoms with Crippen LogP contribution in [0, 0.1) is 13.8 Å². The number of aromatic nitrogens is 1. The number of nitrogens with one attached hydrogen (secondary N) is 2. The molecule has 2 N–H and O–H groups in total. The van der Waals surface area contributed by atoms with Gasteiger partial charge in [0, 0.05) is 11.4 Å². The van der Waals surface area contributed by atoms with Gasteiger partial charge in [0.15, 0.2) is 0 Å². The summed E-state index contributed by atoms with van der Waals surface area (Å²) in [4.78, 5) is 28.3. The molecule has 1 amide bonds. The van der Waals surface area contributed by atoms with Crippen LogP contribution in [0.15, 0.2) is 60.8 Å². The lowest BCUT2D eigenvalue weighted by Crippen LogP contribution is -2.14. The fourth-order valence-corrected chi connectivity index (χ4v) is 2.67.